The van der Waals surface area contributed by atoms with Gasteiger partial charge in [0.1, 0.15) is 5.41 Å². The molecule has 4 nitrogen and oxygen atoms in total. The molecule has 0 radical (unpaired) electrons. The normalized spacial score (nSPS) is 19.3. The van der Waals surface area contributed by atoms with Gasteiger partial charge in [-0.3, -0.25) is 4.79 Å². The molecule has 1 aliphatic heterocycles. The first-order valence-corrected chi connectivity index (χ1v) is 6.01. The van der Waals surface area contributed by atoms with Crippen LogP contribution in [0, 0.1) is 12.3 Å². The highest BCUT2D eigenvalue weighted by Crippen LogP contribution is 2.43. The average Bonchev–Trinajstić information content (AvgIpc) is 2.23. The van der Waals surface area contributed by atoms with Crippen molar-refractivity contribution in [1.29, 1.82) is 0 Å². The molecule has 0 spiro atoms. The number of nitrogens with zero attached hydrogens (tertiary/aromatic N) is 1. The molecular formula is C14H19NO3. The van der Waals surface area contributed by atoms with Crippen molar-refractivity contribution in [1.82, 2.24) is 4.90 Å². The number of benzene rings is 1. The zero-order valence-electron chi connectivity index (χ0n) is 11.0. The summed E-state index contributed by atoms with van der Waals surface area (Å²) in [7, 11) is 3.82. The molecule has 1 aliphatic rings. The van der Waals surface area contributed by atoms with Crippen LogP contribution in [0.25, 0.3) is 0 Å². The standard InChI is InChI=1S/C14H19NO3/c1-10-4-6-11(7-5-10)12(15(2)3)14(13(16)17)8-18-9-14/h4-7,12H,8-9H2,1-3H3,(H,16,17). The highest BCUT2D eigenvalue weighted by molar-refractivity contribution is 5.77. The van der Waals surface area contributed by atoms with E-state index in [1.807, 2.05) is 50.2 Å². The molecule has 1 N–H and O–H groups in total. The molecule has 0 saturated carbocycles. The van der Waals surface area contributed by atoms with E-state index in [9.17, 15) is 9.90 Å². The summed E-state index contributed by atoms with van der Waals surface area (Å²) in [5.74, 6) is -0.784. The molecule has 0 aliphatic carbocycles. The van der Waals surface area contributed by atoms with Gasteiger partial charge < -0.3 is 14.7 Å². The van der Waals surface area contributed by atoms with Crippen molar-refractivity contribution in [3.63, 3.8) is 0 Å². The maximum Gasteiger partial charge on any atom is 0.316 e. The van der Waals surface area contributed by atoms with Gasteiger partial charge in [0, 0.05) is 0 Å². The lowest BCUT2D eigenvalue weighted by Crippen LogP contribution is -2.56. The number of carboxylic acids is 1. The van der Waals surface area contributed by atoms with E-state index in [1.54, 1.807) is 0 Å². The predicted octanol–water partition coefficient (Wildman–Crippen LogP) is 1.70. The molecule has 1 fully saturated rings. The van der Waals surface area contributed by atoms with Crippen LogP contribution in [-0.2, 0) is 9.53 Å². The predicted molar refractivity (Wildman–Crippen MR) is 68.5 cm³/mol. The second-order valence-corrected chi connectivity index (χ2v) is 5.23. The van der Waals surface area contributed by atoms with Crippen molar-refractivity contribution < 1.29 is 14.6 Å². The maximum atomic E-state index is 11.6. The first kappa shape index (κ1) is 13.1. The van der Waals surface area contributed by atoms with Gasteiger partial charge in [-0.2, -0.15) is 0 Å². The van der Waals surface area contributed by atoms with Gasteiger partial charge in [0.2, 0.25) is 0 Å². The Morgan fingerprint density at radius 3 is 2.22 bits per heavy atom. The molecule has 1 aromatic rings. The minimum Gasteiger partial charge on any atom is -0.481 e. The number of ether oxygens (including phenoxy) is 1. The maximum absolute atomic E-state index is 11.6. The van der Waals surface area contributed by atoms with E-state index in [0.29, 0.717) is 0 Å². The molecular weight excluding hydrogens is 230 g/mol. The summed E-state index contributed by atoms with van der Waals surface area (Å²) >= 11 is 0. The highest BCUT2D eigenvalue weighted by atomic mass is 16.5. The van der Waals surface area contributed by atoms with Crippen LogP contribution in [0.5, 0.6) is 0 Å². The molecule has 1 saturated heterocycles. The van der Waals surface area contributed by atoms with E-state index < -0.39 is 11.4 Å². The Morgan fingerprint density at radius 2 is 1.89 bits per heavy atom. The summed E-state index contributed by atoms with van der Waals surface area (Å²) in [6.07, 6.45) is 0. The van der Waals surface area contributed by atoms with Crippen molar-refractivity contribution in [2.75, 3.05) is 27.3 Å². The summed E-state index contributed by atoms with van der Waals surface area (Å²) in [4.78, 5) is 13.5. The van der Waals surface area contributed by atoms with Crippen molar-refractivity contribution in [3.05, 3.63) is 35.4 Å². The summed E-state index contributed by atoms with van der Waals surface area (Å²) in [5, 5.41) is 9.51. The van der Waals surface area contributed by atoms with Gasteiger partial charge in [-0.15, -0.1) is 0 Å². The van der Waals surface area contributed by atoms with Crippen LogP contribution >= 0.6 is 0 Å². The third kappa shape index (κ3) is 2.02. The molecule has 98 valence electrons. The fourth-order valence-electron chi connectivity index (χ4n) is 2.58. The lowest BCUT2D eigenvalue weighted by molar-refractivity contribution is -0.193. The number of aliphatic carboxylic acids is 1. The summed E-state index contributed by atoms with van der Waals surface area (Å²) in [6, 6.07) is 7.87. The molecule has 0 bridgehead atoms. The second-order valence-electron chi connectivity index (χ2n) is 5.23. The van der Waals surface area contributed by atoms with E-state index in [2.05, 4.69) is 0 Å². The molecule has 4 heteroatoms. The molecule has 1 atom stereocenters. The Kier molecular flexibility index (Phi) is 3.41. The Balaban J connectivity index is 2.39. The van der Waals surface area contributed by atoms with Crippen LogP contribution in [0.2, 0.25) is 0 Å². The Hall–Kier alpha value is -1.39. The number of hydrogen-bond donors (Lipinski definition) is 1. The van der Waals surface area contributed by atoms with Crippen molar-refractivity contribution >= 4 is 5.97 Å². The van der Waals surface area contributed by atoms with Gasteiger partial charge in [-0.25, -0.2) is 0 Å². The Morgan fingerprint density at radius 1 is 1.33 bits per heavy atom. The smallest absolute Gasteiger partial charge is 0.316 e. The van der Waals surface area contributed by atoms with E-state index in [-0.39, 0.29) is 19.3 Å². The third-order valence-corrected chi connectivity index (χ3v) is 3.58. The summed E-state index contributed by atoms with van der Waals surface area (Å²) < 4.78 is 5.17. The van der Waals surface area contributed by atoms with Gasteiger partial charge in [-0.1, -0.05) is 29.8 Å². The number of aryl methyl sites for hydroxylation is 1. The lowest BCUT2D eigenvalue weighted by atomic mass is 9.74. The van der Waals surface area contributed by atoms with Gasteiger partial charge >= 0.3 is 5.97 Å². The third-order valence-electron chi connectivity index (χ3n) is 3.58. The monoisotopic (exact) mass is 249 g/mol. The largest absolute Gasteiger partial charge is 0.481 e. The highest BCUT2D eigenvalue weighted by Gasteiger charge is 2.53. The molecule has 0 aromatic heterocycles. The number of hydrogen-bond acceptors (Lipinski definition) is 3. The zero-order chi connectivity index (χ0) is 13.3. The van der Waals surface area contributed by atoms with Gasteiger partial charge in [-0.05, 0) is 26.6 Å². The first-order chi connectivity index (χ1) is 8.47. The van der Waals surface area contributed by atoms with E-state index >= 15 is 0 Å². The summed E-state index contributed by atoms with van der Waals surface area (Å²) in [6.45, 7) is 2.58. The first-order valence-electron chi connectivity index (χ1n) is 6.01. The molecule has 18 heavy (non-hydrogen) atoms. The van der Waals surface area contributed by atoms with Crippen LogP contribution in [0.4, 0.5) is 0 Å². The van der Waals surface area contributed by atoms with Crippen molar-refractivity contribution in [2.45, 2.75) is 13.0 Å². The van der Waals surface area contributed by atoms with E-state index in [0.717, 1.165) is 5.56 Å². The van der Waals surface area contributed by atoms with Crippen molar-refractivity contribution in [3.8, 4) is 0 Å². The minimum atomic E-state index is -0.821. The van der Waals surface area contributed by atoms with Gasteiger partial charge in [0.05, 0.1) is 19.3 Å². The molecule has 1 heterocycles. The van der Waals surface area contributed by atoms with E-state index in [1.165, 1.54) is 5.56 Å². The van der Waals surface area contributed by atoms with Gasteiger partial charge in [0.15, 0.2) is 0 Å². The lowest BCUT2D eigenvalue weighted by Gasteiger charge is -2.46. The molecule has 1 unspecified atom stereocenters. The fraction of sp³-hybridized carbons (Fsp3) is 0.500. The Labute approximate surface area is 107 Å². The fourth-order valence-corrected chi connectivity index (χ4v) is 2.58. The Bertz CT molecular complexity index is 435. The number of rotatable bonds is 4. The number of carboxylic acid groups (broad SMARTS) is 1. The van der Waals surface area contributed by atoms with Crippen LogP contribution in [0.15, 0.2) is 24.3 Å². The van der Waals surface area contributed by atoms with Crippen molar-refractivity contribution in [2.24, 2.45) is 5.41 Å². The van der Waals surface area contributed by atoms with Crippen LogP contribution in [0.1, 0.15) is 17.2 Å². The zero-order valence-corrected chi connectivity index (χ0v) is 11.0. The molecule has 1 aromatic carbocycles. The topological polar surface area (TPSA) is 49.8 Å². The second kappa shape index (κ2) is 4.71. The number of carbonyl (C=O) groups is 1. The van der Waals surface area contributed by atoms with Gasteiger partial charge in [0.25, 0.3) is 0 Å². The molecule has 0 amide bonds. The van der Waals surface area contributed by atoms with E-state index in [4.69, 9.17) is 4.74 Å². The van der Waals surface area contributed by atoms with Crippen LogP contribution in [0.3, 0.4) is 0 Å². The summed E-state index contributed by atoms with van der Waals surface area (Å²) in [5.41, 5.74) is 1.38. The SMILES string of the molecule is Cc1ccc(C(N(C)C)C2(C(=O)O)COC2)cc1. The quantitative estimate of drug-likeness (QED) is 0.882. The van der Waals surface area contributed by atoms with Crippen LogP contribution in [-0.4, -0.2) is 43.3 Å². The molecule has 2 rings (SSSR count). The average molecular weight is 249 g/mol. The minimum absolute atomic E-state index is 0.163. The van der Waals surface area contributed by atoms with Crippen LogP contribution < -0.4 is 0 Å².